The molecule has 2 heterocycles. The number of aromatic nitrogens is 2. The minimum absolute atomic E-state index is 0.0897. The van der Waals surface area contributed by atoms with Gasteiger partial charge in [0.05, 0.1) is 17.6 Å². The summed E-state index contributed by atoms with van der Waals surface area (Å²) in [6.45, 7) is 6.45. The first kappa shape index (κ1) is 22.2. The van der Waals surface area contributed by atoms with Crippen LogP contribution in [0.3, 0.4) is 0 Å². The lowest BCUT2D eigenvalue weighted by Crippen LogP contribution is -2.24. The van der Waals surface area contributed by atoms with Crippen LogP contribution in [-0.4, -0.2) is 28.6 Å². The predicted molar refractivity (Wildman–Crippen MR) is 137 cm³/mol. The highest BCUT2D eigenvalue weighted by molar-refractivity contribution is 5.96. The second-order valence-electron chi connectivity index (χ2n) is 9.15. The molecule has 1 fully saturated rings. The molecule has 5 heteroatoms. The highest BCUT2D eigenvalue weighted by Gasteiger charge is 2.34. The van der Waals surface area contributed by atoms with Crippen LogP contribution < -0.4 is 9.64 Å². The molecule has 5 nitrogen and oxygen atoms in total. The molecule has 0 radical (unpaired) electrons. The van der Waals surface area contributed by atoms with E-state index in [4.69, 9.17) is 9.72 Å². The Morgan fingerprint density at radius 1 is 0.941 bits per heavy atom. The number of amides is 1. The SMILES string of the molecule is Cc1ccc(OCCCCn2c(C3CC(=O)N(c4ccccc4)C3)nc3ccccc32)cc1C. The van der Waals surface area contributed by atoms with E-state index in [0.717, 1.165) is 47.7 Å². The van der Waals surface area contributed by atoms with Crippen LogP contribution in [0.2, 0.25) is 0 Å². The van der Waals surface area contributed by atoms with Crippen LogP contribution in [0.1, 0.15) is 42.1 Å². The van der Waals surface area contributed by atoms with Crippen molar-refractivity contribution in [1.82, 2.24) is 9.55 Å². The Labute approximate surface area is 201 Å². The first-order valence-electron chi connectivity index (χ1n) is 12.1. The molecule has 0 aliphatic carbocycles. The van der Waals surface area contributed by atoms with Crippen molar-refractivity contribution in [3.05, 3.63) is 89.7 Å². The highest BCUT2D eigenvalue weighted by atomic mass is 16.5. The Kier molecular flexibility index (Phi) is 6.35. The number of para-hydroxylation sites is 3. The summed E-state index contributed by atoms with van der Waals surface area (Å²) in [7, 11) is 0. The van der Waals surface area contributed by atoms with Crippen molar-refractivity contribution in [1.29, 1.82) is 0 Å². The second-order valence-corrected chi connectivity index (χ2v) is 9.15. The van der Waals surface area contributed by atoms with E-state index in [2.05, 4.69) is 48.7 Å². The van der Waals surface area contributed by atoms with Gasteiger partial charge in [-0.3, -0.25) is 4.79 Å². The smallest absolute Gasteiger partial charge is 0.227 e. The molecule has 34 heavy (non-hydrogen) atoms. The van der Waals surface area contributed by atoms with Crippen molar-refractivity contribution in [2.75, 3.05) is 18.1 Å². The molecule has 5 rings (SSSR count). The molecular formula is C29H31N3O2. The fourth-order valence-corrected chi connectivity index (χ4v) is 4.74. The molecule has 1 unspecified atom stereocenters. The zero-order valence-corrected chi connectivity index (χ0v) is 19.9. The first-order valence-corrected chi connectivity index (χ1v) is 12.1. The topological polar surface area (TPSA) is 47.4 Å². The number of rotatable bonds is 8. The number of nitrogens with zero attached hydrogens (tertiary/aromatic N) is 3. The largest absolute Gasteiger partial charge is 0.494 e. The fraction of sp³-hybridized carbons (Fsp3) is 0.310. The Hall–Kier alpha value is -3.60. The molecule has 0 bridgehead atoms. The molecule has 1 aliphatic rings. The lowest BCUT2D eigenvalue weighted by atomic mass is 10.1. The predicted octanol–water partition coefficient (Wildman–Crippen LogP) is 6.03. The van der Waals surface area contributed by atoms with E-state index in [9.17, 15) is 4.79 Å². The van der Waals surface area contributed by atoms with Crippen LogP contribution >= 0.6 is 0 Å². The quantitative estimate of drug-likeness (QED) is 0.306. The van der Waals surface area contributed by atoms with Gasteiger partial charge >= 0.3 is 0 Å². The van der Waals surface area contributed by atoms with Crippen molar-refractivity contribution < 1.29 is 9.53 Å². The number of carbonyl (C=O) groups is 1. The number of ether oxygens (including phenoxy) is 1. The van der Waals surface area contributed by atoms with E-state index in [1.54, 1.807) is 0 Å². The van der Waals surface area contributed by atoms with E-state index in [-0.39, 0.29) is 11.8 Å². The molecule has 0 saturated carbocycles. The van der Waals surface area contributed by atoms with Crippen LogP contribution in [-0.2, 0) is 11.3 Å². The maximum atomic E-state index is 12.8. The van der Waals surface area contributed by atoms with E-state index >= 15 is 0 Å². The number of carbonyl (C=O) groups excluding carboxylic acids is 1. The molecular weight excluding hydrogens is 422 g/mol. The molecule has 4 aromatic rings. The Bertz CT molecular complexity index is 1300. The third kappa shape index (κ3) is 4.56. The number of hydrogen-bond donors (Lipinski definition) is 0. The average molecular weight is 454 g/mol. The van der Waals surface area contributed by atoms with Gasteiger partial charge in [-0.1, -0.05) is 36.4 Å². The molecule has 174 valence electrons. The summed E-state index contributed by atoms with van der Waals surface area (Å²) < 4.78 is 8.30. The molecule has 3 aromatic carbocycles. The second kappa shape index (κ2) is 9.72. The van der Waals surface area contributed by atoms with Gasteiger partial charge in [0, 0.05) is 31.1 Å². The van der Waals surface area contributed by atoms with Gasteiger partial charge < -0.3 is 14.2 Å². The molecule has 1 amide bonds. The number of benzene rings is 3. The fourth-order valence-electron chi connectivity index (χ4n) is 4.74. The third-order valence-corrected chi connectivity index (χ3v) is 6.77. The molecule has 1 aromatic heterocycles. The summed E-state index contributed by atoms with van der Waals surface area (Å²) in [6, 6.07) is 24.5. The lowest BCUT2D eigenvalue weighted by Gasteiger charge is -2.17. The number of hydrogen-bond acceptors (Lipinski definition) is 3. The van der Waals surface area contributed by atoms with Gasteiger partial charge in [-0.15, -0.1) is 0 Å². The summed E-state index contributed by atoms with van der Waals surface area (Å²) in [6.07, 6.45) is 2.44. The van der Waals surface area contributed by atoms with Crippen LogP contribution in [0.4, 0.5) is 5.69 Å². The third-order valence-electron chi connectivity index (χ3n) is 6.77. The van der Waals surface area contributed by atoms with Crippen molar-refractivity contribution in [3.63, 3.8) is 0 Å². The van der Waals surface area contributed by atoms with Crippen LogP contribution in [0, 0.1) is 13.8 Å². The standard InChI is InChI=1S/C29H31N3O2/c1-21-14-15-25(18-22(21)2)34-17-9-8-16-31-27-13-7-6-12-26(27)30-29(31)23-19-28(33)32(20-23)24-10-4-3-5-11-24/h3-7,10-15,18,23H,8-9,16-17,19-20H2,1-2H3. The summed E-state index contributed by atoms with van der Waals surface area (Å²) >= 11 is 0. The zero-order chi connectivity index (χ0) is 23.5. The molecule has 1 aliphatic heterocycles. The number of anilines is 1. The minimum Gasteiger partial charge on any atom is -0.494 e. The maximum absolute atomic E-state index is 12.8. The van der Waals surface area contributed by atoms with E-state index < -0.39 is 0 Å². The van der Waals surface area contributed by atoms with Crippen LogP contribution in [0.25, 0.3) is 11.0 Å². The molecule has 0 N–H and O–H groups in total. The molecule has 1 saturated heterocycles. The Balaban J connectivity index is 1.28. The summed E-state index contributed by atoms with van der Waals surface area (Å²) in [5.74, 6) is 2.20. The number of aryl methyl sites for hydroxylation is 3. The zero-order valence-electron chi connectivity index (χ0n) is 19.9. The van der Waals surface area contributed by atoms with E-state index in [0.29, 0.717) is 19.6 Å². The maximum Gasteiger partial charge on any atom is 0.227 e. The van der Waals surface area contributed by atoms with Crippen molar-refractivity contribution in [2.45, 2.75) is 45.6 Å². The van der Waals surface area contributed by atoms with Crippen molar-refractivity contribution in [3.8, 4) is 5.75 Å². The normalized spacial score (nSPS) is 15.9. The Morgan fingerprint density at radius 2 is 1.74 bits per heavy atom. The van der Waals surface area contributed by atoms with Gasteiger partial charge in [0.15, 0.2) is 0 Å². The van der Waals surface area contributed by atoms with Gasteiger partial charge in [-0.2, -0.15) is 0 Å². The van der Waals surface area contributed by atoms with Gasteiger partial charge in [0.25, 0.3) is 0 Å². The summed E-state index contributed by atoms with van der Waals surface area (Å²) in [5.41, 5.74) is 5.62. The molecule has 1 atom stereocenters. The van der Waals surface area contributed by atoms with E-state index in [1.165, 1.54) is 11.1 Å². The van der Waals surface area contributed by atoms with Gasteiger partial charge in [0.1, 0.15) is 11.6 Å². The highest BCUT2D eigenvalue weighted by Crippen LogP contribution is 2.33. The van der Waals surface area contributed by atoms with Crippen molar-refractivity contribution in [2.24, 2.45) is 0 Å². The summed E-state index contributed by atoms with van der Waals surface area (Å²) in [4.78, 5) is 19.7. The van der Waals surface area contributed by atoms with Gasteiger partial charge in [-0.25, -0.2) is 4.98 Å². The lowest BCUT2D eigenvalue weighted by molar-refractivity contribution is -0.117. The van der Waals surface area contributed by atoms with Crippen LogP contribution in [0.5, 0.6) is 5.75 Å². The van der Waals surface area contributed by atoms with Crippen molar-refractivity contribution >= 4 is 22.6 Å². The first-order chi connectivity index (χ1) is 16.6. The minimum atomic E-state index is 0.0897. The average Bonchev–Trinajstić information content (AvgIpc) is 3.42. The monoisotopic (exact) mass is 453 g/mol. The van der Waals surface area contributed by atoms with Gasteiger partial charge in [0.2, 0.25) is 5.91 Å². The number of imidazole rings is 1. The van der Waals surface area contributed by atoms with E-state index in [1.807, 2.05) is 47.4 Å². The molecule has 0 spiro atoms. The van der Waals surface area contributed by atoms with Crippen LogP contribution in [0.15, 0.2) is 72.8 Å². The number of fused-ring (bicyclic) bond motifs is 1. The summed E-state index contributed by atoms with van der Waals surface area (Å²) in [5, 5.41) is 0. The Morgan fingerprint density at radius 3 is 2.56 bits per heavy atom. The number of unbranched alkanes of at least 4 members (excludes halogenated alkanes) is 1. The van der Waals surface area contributed by atoms with Gasteiger partial charge in [-0.05, 0) is 74.2 Å².